The number of aliphatic carboxylic acids is 1. The van der Waals surface area contributed by atoms with Crippen molar-refractivity contribution < 1.29 is 19.4 Å². The predicted octanol–water partition coefficient (Wildman–Crippen LogP) is 1.84. The van der Waals surface area contributed by atoms with Crippen molar-refractivity contribution in [3.63, 3.8) is 0 Å². The number of ether oxygens (including phenoxy) is 1. The number of piperidine rings is 1. The Morgan fingerprint density at radius 3 is 2.90 bits per heavy atom. The smallest absolute Gasteiger partial charge is 0.317 e. The summed E-state index contributed by atoms with van der Waals surface area (Å²) in [5.74, 6) is -0.789. The average molecular weight is 286 g/mol. The molecule has 0 aromatic rings. The lowest BCUT2D eigenvalue weighted by Gasteiger charge is -2.32. The summed E-state index contributed by atoms with van der Waals surface area (Å²) in [7, 11) is 0. The minimum absolute atomic E-state index is 0.0647. The maximum atomic E-state index is 12.0. The molecule has 0 spiro atoms. The molecule has 1 unspecified atom stereocenters. The topological polar surface area (TPSA) is 78.9 Å². The van der Waals surface area contributed by atoms with Gasteiger partial charge in [-0.25, -0.2) is 4.79 Å². The van der Waals surface area contributed by atoms with Gasteiger partial charge in [0.25, 0.3) is 0 Å². The molecule has 1 saturated heterocycles. The highest BCUT2D eigenvalue weighted by Gasteiger charge is 2.23. The SMILES string of the molecule is CCCOC1CCCN(C(=O)NCCCCC(=O)O)C1. The standard InChI is InChI=1S/C14H26N2O4/c1-2-10-20-12-6-5-9-16(11-12)14(19)15-8-4-3-7-13(17)18/h12H,2-11H2,1H3,(H,15,19)(H,17,18). The lowest BCUT2D eigenvalue weighted by molar-refractivity contribution is -0.137. The van der Waals surface area contributed by atoms with Crippen molar-refractivity contribution in [3.8, 4) is 0 Å². The van der Waals surface area contributed by atoms with Gasteiger partial charge in [-0.3, -0.25) is 4.79 Å². The third kappa shape index (κ3) is 6.75. The van der Waals surface area contributed by atoms with E-state index >= 15 is 0 Å². The highest BCUT2D eigenvalue weighted by molar-refractivity contribution is 5.74. The molecular weight excluding hydrogens is 260 g/mol. The first-order valence-electron chi connectivity index (χ1n) is 7.49. The van der Waals surface area contributed by atoms with Crippen LogP contribution in [0.2, 0.25) is 0 Å². The first-order valence-corrected chi connectivity index (χ1v) is 7.49. The Balaban J connectivity index is 2.16. The molecule has 6 heteroatoms. The molecule has 0 aliphatic carbocycles. The lowest BCUT2D eigenvalue weighted by atomic mass is 10.1. The first-order chi connectivity index (χ1) is 9.63. The predicted molar refractivity (Wildman–Crippen MR) is 75.7 cm³/mol. The fraction of sp³-hybridized carbons (Fsp3) is 0.857. The van der Waals surface area contributed by atoms with Crippen molar-refractivity contribution in [2.75, 3.05) is 26.2 Å². The van der Waals surface area contributed by atoms with Crippen molar-refractivity contribution in [2.24, 2.45) is 0 Å². The van der Waals surface area contributed by atoms with Crippen molar-refractivity contribution in [2.45, 2.75) is 51.6 Å². The summed E-state index contributed by atoms with van der Waals surface area (Å²) in [6.45, 7) is 4.77. The van der Waals surface area contributed by atoms with E-state index in [9.17, 15) is 9.59 Å². The van der Waals surface area contributed by atoms with Crippen LogP contribution < -0.4 is 5.32 Å². The summed E-state index contributed by atoms with van der Waals surface area (Å²) in [4.78, 5) is 24.1. The summed E-state index contributed by atoms with van der Waals surface area (Å²) in [6, 6.07) is -0.0647. The number of unbranched alkanes of at least 4 members (excludes halogenated alkanes) is 1. The second kappa shape index (κ2) is 9.58. The third-order valence-electron chi connectivity index (χ3n) is 3.32. The van der Waals surface area contributed by atoms with E-state index < -0.39 is 5.97 Å². The van der Waals surface area contributed by atoms with Crippen molar-refractivity contribution in [1.82, 2.24) is 10.2 Å². The van der Waals surface area contributed by atoms with E-state index in [-0.39, 0.29) is 18.6 Å². The van der Waals surface area contributed by atoms with Gasteiger partial charge in [-0.05, 0) is 32.1 Å². The first kappa shape index (κ1) is 16.8. The second-order valence-corrected chi connectivity index (χ2v) is 5.16. The number of hydrogen-bond donors (Lipinski definition) is 2. The summed E-state index contributed by atoms with van der Waals surface area (Å²) >= 11 is 0. The number of carboxylic acid groups (broad SMARTS) is 1. The summed E-state index contributed by atoms with van der Waals surface area (Å²) in [5, 5.41) is 11.4. The van der Waals surface area contributed by atoms with E-state index in [2.05, 4.69) is 12.2 Å². The van der Waals surface area contributed by atoms with Gasteiger partial charge in [0.05, 0.1) is 6.10 Å². The molecule has 20 heavy (non-hydrogen) atoms. The molecule has 0 bridgehead atoms. The van der Waals surface area contributed by atoms with E-state index in [0.29, 0.717) is 25.9 Å². The molecule has 1 heterocycles. The molecule has 1 atom stereocenters. The molecule has 1 rings (SSSR count). The van der Waals surface area contributed by atoms with Crippen molar-refractivity contribution in [1.29, 1.82) is 0 Å². The summed E-state index contributed by atoms with van der Waals surface area (Å²) in [6.07, 6.45) is 4.59. The van der Waals surface area contributed by atoms with Gasteiger partial charge < -0.3 is 20.1 Å². The number of hydrogen-bond acceptors (Lipinski definition) is 3. The molecule has 1 aliphatic heterocycles. The number of rotatable bonds is 8. The van der Waals surface area contributed by atoms with Gasteiger partial charge in [0.1, 0.15) is 0 Å². The van der Waals surface area contributed by atoms with Gasteiger partial charge >= 0.3 is 12.0 Å². The third-order valence-corrected chi connectivity index (χ3v) is 3.32. The van der Waals surface area contributed by atoms with E-state index in [4.69, 9.17) is 9.84 Å². The maximum absolute atomic E-state index is 12.0. The highest BCUT2D eigenvalue weighted by atomic mass is 16.5. The number of likely N-dealkylation sites (tertiary alicyclic amines) is 1. The zero-order chi connectivity index (χ0) is 14.8. The van der Waals surface area contributed by atoms with Crippen LogP contribution in [0, 0.1) is 0 Å². The summed E-state index contributed by atoms with van der Waals surface area (Å²) in [5.41, 5.74) is 0. The number of carbonyl (C=O) groups is 2. The maximum Gasteiger partial charge on any atom is 0.317 e. The molecule has 0 aromatic carbocycles. The number of nitrogens with zero attached hydrogens (tertiary/aromatic N) is 1. The van der Waals surface area contributed by atoms with Crippen LogP contribution in [0.4, 0.5) is 4.79 Å². The minimum atomic E-state index is -0.789. The van der Waals surface area contributed by atoms with Crippen LogP contribution in [-0.4, -0.2) is 54.4 Å². The Hall–Kier alpha value is -1.30. The van der Waals surface area contributed by atoms with Crippen LogP contribution in [0.1, 0.15) is 45.4 Å². The van der Waals surface area contributed by atoms with E-state index in [1.165, 1.54) is 0 Å². The fourth-order valence-corrected chi connectivity index (χ4v) is 2.25. The lowest BCUT2D eigenvalue weighted by Crippen LogP contribution is -2.48. The molecule has 0 saturated carbocycles. The molecule has 0 radical (unpaired) electrons. The van der Waals surface area contributed by atoms with Crippen molar-refractivity contribution in [3.05, 3.63) is 0 Å². The zero-order valence-electron chi connectivity index (χ0n) is 12.3. The van der Waals surface area contributed by atoms with Crippen LogP contribution in [0.5, 0.6) is 0 Å². The van der Waals surface area contributed by atoms with Crippen LogP contribution in [0.15, 0.2) is 0 Å². The fourth-order valence-electron chi connectivity index (χ4n) is 2.25. The van der Waals surface area contributed by atoms with Gasteiger partial charge in [-0.15, -0.1) is 0 Å². The van der Waals surface area contributed by atoms with Gasteiger partial charge in [0.15, 0.2) is 0 Å². The molecule has 1 fully saturated rings. The number of nitrogens with one attached hydrogen (secondary N) is 1. The molecule has 0 aromatic heterocycles. The highest BCUT2D eigenvalue weighted by Crippen LogP contribution is 2.13. The monoisotopic (exact) mass is 286 g/mol. The molecule has 116 valence electrons. The largest absolute Gasteiger partial charge is 0.481 e. The van der Waals surface area contributed by atoms with Crippen molar-refractivity contribution >= 4 is 12.0 Å². The molecule has 2 N–H and O–H groups in total. The number of carbonyl (C=O) groups excluding carboxylic acids is 1. The van der Waals surface area contributed by atoms with Gasteiger partial charge in [-0.1, -0.05) is 6.92 Å². The normalized spacial score (nSPS) is 18.9. The van der Waals surface area contributed by atoms with E-state index in [0.717, 1.165) is 32.4 Å². The Labute approximate surface area is 120 Å². The van der Waals surface area contributed by atoms with Gasteiger partial charge in [0.2, 0.25) is 0 Å². The second-order valence-electron chi connectivity index (χ2n) is 5.16. The Morgan fingerprint density at radius 1 is 1.40 bits per heavy atom. The molecular formula is C14H26N2O4. The molecule has 1 aliphatic rings. The molecule has 2 amide bonds. The van der Waals surface area contributed by atoms with Gasteiger partial charge in [0, 0.05) is 32.7 Å². The molecule has 6 nitrogen and oxygen atoms in total. The average Bonchev–Trinajstić information content (AvgIpc) is 2.44. The van der Waals surface area contributed by atoms with E-state index in [1.54, 1.807) is 4.90 Å². The summed E-state index contributed by atoms with van der Waals surface area (Å²) < 4.78 is 5.69. The van der Waals surface area contributed by atoms with E-state index in [1.807, 2.05) is 0 Å². The van der Waals surface area contributed by atoms with Gasteiger partial charge in [-0.2, -0.15) is 0 Å². The minimum Gasteiger partial charge on any atom is -0.481 e. The van der Waals surface area contributed by atoms with Crippen LogP contribution in [0.25, 0.3) is 0 Å². The van der Waals surface area contributed by atoms with Crippen LogP contribution >= 0.6 is 0 Å². The Morgan fingerprint density at radius 2 is 2.20 bits per heavy atom. The Bertz CT molecular complexity index is 310. The number of carboxylic acids is 1. The number of urea groups is 1. The quantitative estimate of drug-likeness (QED) is 0.667. The van der Waals surface area contributed by atoms with Crippen LogP contribution in [0.3, 0.4) is 0 Å². The number of amides is 2. The zero-order valence-corrected chi connectivity index (χ0v) is 12.3. The Kier molecular flexibility index (Phi) is 8.02. The van der Waals surface area contributed by atoms with Crippen LogP contribution in [-0.2, 0) is 9.53 Å².